The van der Waals surface area contributed by atoms with Crippen molar-refractivity contribution in [2.24, 2.45) is 0 Å². The number of halogens is 1. The lowest BCUT2D eigenvalue weighted by atomic mass is 10.2. The number of aromatic nitrogens is 2. The molecule has 1 saturated carbocycles. The standard InChI is InChI=1S/C14H16BrN3/c15-11-5-3-4-10(8-11)13-9-14(16)18(17-13)12-6-1-2-7-12/h3-5,8-9,12H,1-2,6-7,16H2. The van der Waals surface area contributed by atoms with Gasteiger partial charge in [0.15, 0.2) is 0 Å². The third kappa shape index (κ3) is 2.17. The molecular formula is C14H16BrN3. The summed E-state index contributed by atoms with van der Waals surface area (Å²) in [6.45, 7) is 0. The van der Waals surface area contributed by atoms with Crippen molar-refractivity contribution in [2.45, 2.75) is 31.7 Å². The molecule has 2 N–H and O–H groups in total. The predicted octanol–water partition coefficient (Wildman–Crippen LogP) is 4.01. The van der Waals surface area contributed by atoms with Crippen LogP contribution in [0.25, 0.3) is 11.3 Å². The molecule has 1 fully saturated rings. The number of anilines is 1. The molecule has 0 radical (unpaired) electrons. The van der Waals surface area contributed by atoms with E-state index in [0.29, 0.717) is 6.04 Å². The van der Waals surface area contributed by atoms with Gasteiger partial charge in [-0.1, -0.05) is 40.9 Å². The summed E-state index contributed by atoms with van der Waals surface area (Å²) in [5.41, 5.74) is 8.15. The molecule has 0 atom stereocenters. The zero-order chi connectivity index (χ0) is 12.5. The number of nitrogen functional groups attached to an aromatic ring is 1. The lowest BCUT2D eigenvalue weighted by Gasteiger charge is -2.11. The first-order valence-electron chi connectivity index (χ1n) is 6.35. The second-order valence-electron chi connectivity index (χ2n) is 4.85. The first kappa shape index (κ1) is 11.8. The van der Waals surface area contributed by atoms with E-state index in [1.807, 2.05) is 22.9 Å². The van der Waals surface area contributed by atoms with Gasteiger partial charge >= 0.3 is 0 Å². The van der Waals surface area contributed by atoms with Gasteiger partial charge in [0.05, 0.1) is 11.7 Å². The van der Waals surface area contributed by atoms with Crippen molar-refractivity contribution in [3.05, 3.63) is 34.8 Å². The Labute approximate surface area is 115 Å². The largest absolute Gasteiger partial charge is 0.384 e. The van der Waals surface area contributed by atoms with Crippen LogP contribution in [0, 0.1) is 0 Å². The smallest absolute Gasteiger partial charge is 0.122 e. The minimum atomic E-state index is 0.492. The highest BCUT2D eigenvalue weighted by molar-refractivity contribution is 9.10. The molecular weight excluding hydrogens is 290 g/mol. The molecule has 1 aliphatic carbocycles. The average Bonchev–Trinajstić information content (AvgIpc) is 2.97. The highest BCUT2D eigenvalue weighted by Crippen LogP contribution is 2.33. The van der Waals surface area contributed by atoms with Gasteiger partial charge in [-0.05, 0) is 25.0 Å². The molecule has 4 heteroatoms. The van der Waals surface area contributed by atoms with Gasteiger partial charge in [0.2, 0.25) is 0 Å². The molecule has 1 aromatic heterocycles. The highest BCUT2D eigenvalue weighted by Gasteiger charge is 2.20. The summed E-state index contributed by atoms with van der Waals surface area (Å²) in [5.74, 6) is 0.775. The maximum atomic E-state index is 6.09. The minimum Gasteiger partial charge on any atom is -0.384 e. The topological polar surface area (TPSA) is 43.8 Å². The van der Waals surface area contributed by atoms with E-state index in [4.69, 9.17) is 5.73 Å². The third-order valence-electron chi connectivity index (χ3n) is 3.56. The molecule has 18 heavy (non-hydrogen) atoms. The number of hydrogen-bond donors (Lipinski definition) is 1. The molecule has 0 saturated heterocycles. The molecule has 0 bridgehead atoms. The number of rotatable bonds is 2. The van der Waals surface area contributed by atoms with Crippen molar-refractivity contribution in [1.82, 2.24) is 9.78 Å². The van der Waals surface area contributed by atoms with Gasteiger partial charge in [-0.3, -0.25) is 0 Å². The SMILES string of the molecule is Nc1cc(-c2cccc(Br)c2)nn1C1CCCC1. The highest BCUT2D eigenvalue weighted by atomic mass is 79.9. The minimum absolute atomic E-state index is 0.492. The van der Waals surface area contributed by atoms with Crippen molar-refractivity contribution in [3.63, 3.8) is 0 Å². The molecule has 1 heterocycles. The first-order chi connectivity index (χ1) is 8.74. The van der Waals surface area contributed by atoms with E-state index in [1.54, 1.807) is 0 Å². The number of nitrogens with zero attached hydrogens (tertiary/aromatic N) is 2. The zero-order valence-electron chi connectivity index (χ0n) is 10.1. The van der Waals surface area contributed by atoms with Crippen molar-refractivity contribution in [3.8, 4) is 11.3 Å². The number of benzene rings is 1. The lowest BCUT2D eigenvalue weighted by molar-refractivity contribution is 0.475. The van der Waals surface area contributed by atoms with Crippen LogP contribution >= 0.6 is 15.9 Å². The summed E-state index contributed by atoms with van der Waals surface area (Å²) < 4.78 is 3.07. The Morgan fingerprint density at radius 1 is 1.22 bits per heavy atom. The predicted molar refractivity (Wildman–Crippen MR) is 77.3 cm³/mol. The van der Waals surface area contributed by atoms with Gasteiger partial charge in [0.25, 0.3) is 0 Å². The Balaban J connectivity index is 1.96. The fourth-order valence-corrected chi connectivity index (χ4v) is 3.04. The molecule has 0 unspecified atom stereocenters. The van der Waals surface area contributed by atoms with Crippen LogP contribution in [0.2, 0.25) is 0 Å². The molecule has 0 spiro atoms. The third-order valence-corrected chi connectivity index (χ3v) is 4.05. The Morgan fingerprint density at radius 2 is 2.00 bits per heavy atom. The molecule has 2 aromatic rings. The van der Waals surface area contributed by atoms with Gasteiger partial charge in [-0.2, -0.15) is 5.10 Å². The van der Waals surface area contributed by atoms with Crippen molar-refractivity contribution in [2.75, 3.05) is 5.73 Å². The summed E-state index contributed by atoms with van der Waals surface area (Å²) in [6, 6.07) is 10.6. The molecule has 3 nitrogen and oxygen atoms in total. The van der Waals surface area contributed by atoms with E-state index >= 15 is 0 Å². The van der Waals surface area contributed by atoms with Crippen LogP contribution in [0.15, 0.2) is 34.8 Å². The summed E-state index contributed by atoms with van der Waals surface area (Å²) >= 11 is 3.49. The molecule has 0 aliphatic heterocycles. The van der Waals surface area contributed by atoms with Gasteiger partial charge in [0, 0.05) is 16.1 Å². The van der Waals surface area contributed by atoms with Crippen LogP contribution in [0.5, 0.6) is 0 Å². The second-order valence-corrected chi connectivity index (χ2v) is 5.76. The Morgan fingerprint density at radius 3 is 2.72 bits per heavy atom. The fourth-order valence-electron chi connectivity index (χ4n) is 2.64. The summed E-state index contributed by atoms with van der Waals surface area (Å²) in [6.07, 6.45) is 4.97. The number of hydrogen-bond acceptors (Lipinski definition) is 2. The van der Waals surface area contributed by atoms with Crippen LogP contribution in [0.4, 0.5) is 5.82 Å². The van der Waals surface area contributed by atoms with Crippen LogP contribution in [-0.2, 0) is 0 Å². The van der Waals surface area contributed by atoms with Gasteiger partial charge in [0.1, 0.15) is 5.82 Å². The maximum Gasteiger partial charge on any atom is 0.122 e. The van der Waals surface area contributed by atoms with Crippen molar-refractivity contribution in [1.29, 1.82) is 0 Å². The maximum absolute atomic E-state index is 6.09. The van der Waals surface area contributed by atoms with Crippen molar-refractivity contribution < 1.29 is 0 Å². The summed E-state index contributed by atoms with van der Waals surface area (Å²) in [5, 5.41) is 4.67. The molecule has 1 aliphatic rings. The molecule has 3 rings (SSSR count). The van der Waals surface area contributed by atoms with E-state index in [1.165, 1.54) is 25.7 Å². The van der Waals surface area contributed by atoms with Gasteiger partial charge < -0.3 is 5.73 Å². The monoisotopic (exact) mass is 305 g/mol. The van der Waals surface area contributed by atoms with Crippen LogP contribution in [-0.4, -0.2) is 9.78 Å². The Hall–Kier alpha value is -1.29. The van der Waals surface area contributed by atoms with Crippen LogP contribution in [0.1, 0.15) is 31.7 Å². The second kappa shape index (κ2) is 4.76. The van der Waals surface area contributed by atoms with E-state index in [-0.39, 0.29) is 0 Å². The quantitative estimate of drug-likeness (QED) is 0.911. The lowest BCUT2D eigenvalue weighted by Crippen LogP contribution is -2.09. The molecule has 1 aromatic carbocycles. The van der Waals surface area contributed by atoms with E-state index in [9.17, 15) is 0 Å². The van der Waals surface area contributed by atoms with E-state index in [2.05, 4.69) is 33.2 Å². The van der Waals surface area contributed by atoms with Crippen molar-refractivity contribution >= 4 is 21.7 Å². The summed E-state index contributed by atoms with van der Waals surface area (Å²) in [7, 11) is 0. The summed E-state index contributed by atoms with van der Waals surface area (Å²) in [4.78, 5) is 0. The first-order valence-corrected chi connectivity index (χ1v) is 7.14. The Kier molecular flexibility index (Phi) is 3.12. The molecule has 0 amide bonds. The molecule has 94 valence electrons. The van der Waals surface area contributed by atoms with Gasteiger partial charge in [-0.25, -0.2) is 4.68 Å². The van der Waals surface area contributed by atoms with E-state index < -0.39 is 0 Å². The average molecular weight is 306 g/mol. The van der Waals surface area contributed by atoms with Crippen LogP contribution < -0.4 is 5.73 Å². The Bertz CT molecular complexity index is 556. The fraction of sp³-hybridized carbons (Fsp3) is 0.357. The van der Waals surface area contributed by atoms with E-state index in [0.717, 1.165) is 21.5 Å². The normalized spacial score (nSPS) is 16.3. The number of nitrogens with two attached hydrogens (primary N) is 1. The van der Waals surface area contributed by atoms with Gasteiger partial charge in [-0.15, -0.1) is 0 Å². The van der Waals surface area contributed by atoms with Crippen LogP contribution in [0.3, 0.4) is 0 Å². The zero-order valence-corrected chi connectivity index (χ0v) is 11.7.